The number of benzene rings is 1. The summed E-state index contributed by atoms with van der Waals surface area (Å²) in [5.74, 6) is 0.630. The van der Waals surface area contributed by atoms with Crippen molar-refractivity contribution in [2.24, 2.45) is 5.41 Å². The van der Waals surface area contributed by atoms with Gasteiger partial charge in [-0.1, -0.05) is 44.2 Å². The van der Waals surface area contributed by atoms with Crippen LogP contribution >= 0.6 is 0 Å². The number of amides is 1. The number of piperidine rings is 1. The number of aromatic nitrogens is 2. The highest BCUT2D eigenvalue weighted by molar-refractivity contribution is 5.95. The molecule has 0 bridgehead atoms. The summed E-state index contributed by atoms with van der Waals surface area (Å²) in [6, 6.07) is 9.59. The molecule has 1 aromatic carbocycles. The van der Waals surface area contributed by atoms with Gasteiger partial charge >= 0.3 is 0 Å². The minimum absolute atomic E-state index is 0.0224. The van der Waals surface area contributed by atoms with Crippen LogP contribution in [0.4, 0.5) is 5.69 Å². The molecule has 1 fully saturated rings. The third-order valence-corrected chi connectivity index (χ3v) is 4.34. The molecule has 2 N–H and O–H groups in total. The number of nitrogens with one attached hydrogen (secondary N) is 2. The molecule has 2 aromatic rings. The monoisotopic (exact) mass is 310 g/mol. The van der Waals surface area contributed by atoms with Crippen molar-refractivity contribution in [2.75, 3.05) is 11.9 Å². The second-order valence-corrected chi connectivity index (χ2v) is 6.63. The maximum atomic E-state index is 12.5. The largest absolute Gasteiger partial charge is 0.322 e. The zero-order valence-corrected chi connectivity index (χ0v) is 13.5. The van der Waals surface area contributed by atoms with E-state index in [1.807, 2.05) is 30.3 Å². The number of carbonyl (C=O) groups is 1. The number of carbonyl (C=O) groups excluding carboxylic acids is 1. The molecule has 1 saturated heterocycles. The average molecular weight is 310 g/mol. The normalized spacial score (nSPS) is 20.0. The van der Waals surface area contributed by atoms with Gasteiger partial charge in [0.1, 0.15) is 0 Å². The molecule has 0 radical (unpaired) electrons. The van der Waals surface area contributed by atoms with E-state index in [1.54, 1.807) is 12.4 Å². The molecule has 3 rings (SSSR count). The first-order valence-electron chi connectivity index (χ1n) is 7.98. The summed E-state index contributed by atoms with van der Waals surface area (Å²) in [7, 11) is 0. The van der Waals surface area contributed by atoms with E-state index in [4.69, 9.17) is 0 Å². The molecular formula is C18H22N4O. The Morgan fingerprint density at radius 3 is 2.57 bits per heavy atom. The van der Waals surface area contributed by atoms with Gasteiger partial charge in [-0.15, -0.1) is 0 Å². The van der Waals surface area contributed by atoms with E-state index in [2.05, 4.69) is 34.4 Å². The number of nitrogens with zero attached hydrogens (tertiary/aromatic N) is 2. The first-order chi connectivity index (χ1) is 11.1. The molecule has 1 unspecified atom stereocenters. The molecule has 120 valence electrons. The summed E-state index contributed by atoms with van der Waals surface area (Å²) in [6.45, 7) is 5.13. The highest BCUT2D eigenvalue weighted by Gasteiger charge is 2.37. The van der Waals surface area contributed by atoms with Crippen molar-refractivity contribution < 1.29 is 4.79 Å². The molecule has 0 saturated carbocycles. The van der Waals surface area contributed by atoms with Crippen LogP contribution in [0.25, 0.3) is 11.4 Å². The van der Waals surface area contributed by atoms with Crippen molar-refractivity contribution in [3.63, 3.8) is 0 Å². The molecule has 1 aliphatic heterocycles. The van der Waals surface area contributed by atoms with Crippen LogP contribution in [0.2, 0.25) is 0 Å². The molecule has 5 nitrogen and oxygen atoms in total. The Morgan fingerprint density at radius 2 is 1.91 bits per heavy atom. The summed E-state index contributed by atoms with van der Waals surface area (Å²) in [6.07, 6.45) is 5.46. The molecular weight excluding hydrogens is 288 g/mol. The second kappa shape index (κ2) is 6.46. The summed E-state index contributed by atoms with van der Waals surface area (Å²) < 4.78 is 0. The lowest BCUT2D eigenvalue weighted by molar-refractivity contribution is -0.121. The highest BCUT2D eigenvalue weighted by atomic mass is 16.2. The Balaban J connectivity index is 1.70. The van der Waals surface area contributed by atoms with Crippen LogP contribution in [0, 0.1) is 5.41 Å². The maximum Gasteiger partial charge on any atom is 0.242 e. The van der Waals surface area contributed by atoms with Crippen LogP contribution in [-0.4, -0.2) is 28.5 Å². The fourth-order valence-electron chi connectivity index (χ4n) is 3.00. The van der Waals surface area contributed by atoms with Gasteiger partial charge in [0.25, 0.3) is 0 Å². The minimum Gasteiger partial charge on any atom is -0.322 e. The predicted octanol–water partition coefficient (Wildman–Crippen LogP) is 2.86. The van der Waals surface area contributed by atoms with E-state index in [1.165, 1.54) is 0 Å². The van der Waals surface area contributed by atoms with Gasteiger partial charge in [0.05, 0.1) is 24.1 Å². The smallest absolute Gasteiger partial charge is 0.242 e. The second-order valence-electron chi connectivity index (χ2n) is 6.63. The maximum absolute atomic E-state index is 12.5. The van der Waals surface area contributed by atoms with Crippen molar-refractivity contribution in [1.29, 1.82) is 0 Å². The molecule has 2 heterocycles. The van der Waals surface area contributed by atoms with Gasteiger partial charge < -0.3 is 10.6 Å². The van der Waals surface area contributed by atoms with Crippen LogP contribution in [0.5, 0.6) is 0 Å². The molecule has 0 aliphatic carbocycles. The zero-order valence-electron chi connectivity index (χ0n) is 13.5. The van der Waals surface area contributed by atoms with E-state index >= 15 is 0 Å². The zero-order chi connectivity index (χ0) is 16.3. The summed E-state index contributed by atoms with van der Waals surface area (Å²) >= 11 is 0. The number of hydrogen-bond acceptors (Lipinski definition) is 4. The van der Waals surface area contributed by atoms with Gasteiger partial charge in [0.15, 0.2) is 5.82 Å². The van der Waals surface area contributed by atoms with Crippen molar-refractivity contribution >= 4 is 11.6 Å². The Morgan fingerprint density at radius 1 is 1.22 bits per heavy atom. The predicted molar refractivity (Wildman–Crippen MR) is 90.9 cm³/mol. The minimum atomic E-state index is -0.190. The number of hydrogen-bond donors (Lipinski definition) is 2. The van der Waals surface area contributed by atoms with E-state index < -0.39 is 0 Å². The third kappa shape index (κ3) is 3.56. The lowest BCUT2D eigenvalue weighted by Crippen LogP contribution is -2.53. The molecule has 1 aliphatic rings. The molecule has 1 aromatic heterocycles. The van der Waals surface area contributed by atoms with Gasteiger partial charge in [-0.3, -0.25) is 4.79 Å². The molecule has 1 atom stereocenters. The van der Waals surface area contributed by atoms with Crippen molar-refractivity contribution in [3.8, 4) is 11.4 Å². The Hall–Kier alpha value is -2.27. The quantitative estimate of drug-likeness (QED) is 0.915. The Kier molecular flexibility index (Phi) is 4.39. The van der Waals surface area contributed by atoms with Crippen LogP contribution in [0.3, 0.4) is 0 Å². The number of rotatable bonds is 3. The standard InChI is InChI=1S/C18H22N4O/c1-18(2)9-6-10-19-15(18)17(23)22-14-11-20-16(21-12-14)13-7-4-3-5-8-13/h3-5,7-8,11-12,15,19H,6,9-10H2,1-2H3,(H,22,23). The van der Waals surface area contributed by atoms with Crippen molar-refractivity contribution in [3.05, 3.63) is 42.7 Å². The fourth-order valence-corrected chi connectivity index (χ4v) is 3.00. The SMILES string of the molecule is CC1(C)CCCNC1C(=O)Nc1cnc(-c2ccccc2)nc1. The van der Waals surface area contributed by atoms with Gasteiger partial charge in [0.2, 0.25) is 5.91 Å². The van der Waals surface area contributed by atoms with Crippen LogP contribution < -0.4 is 10.6 Å². The van der Waals surface area contributed by atoms with Gasteiger partial charge in [-0.25, -0.2) is 9.97 Å². The van der Waals surface area contributed by atoms with Crippen LogP contribution in [0.1, 0.15) is 26.7 Å². The van der Waals surface area contributed by atoms with Crippen LogP contribution in [-0.2, 0) is 4.79 Å². The lowest BCUT2D eigenvalue weighted by Gasteiger charge is -2.38. The summed E-state index contributed by atoms with van der Waals surface area (Å²) in [5.41, 5.74) is 1.53. The Labute approximate surface area is 136 Å². The lowest BCUT2D eigenvalue weighted by atomic mass is 9.77. The van der Waals surface area contributed by atoms with Crippen LogP contribution in [0.15, 0.2) is 42.7 Å². The van der Waals surface area contributed by atoms with Gasteiger partial charge in [0, 0.05) is 5.56 Å². The molecule has 23 heavy (non-hydrogen) atoms. The topological polar surface area (TPSA) is 66.9 Å². The molecule has 0 spiro atoms. The van der Waals surface area contributed by atoms with Crippen molar-refractivity contribution in [2.45, 2.75) is 32.7 Å². The first-order valence-corrected chi connectivity index (χ1v) is 7.98. The van der Waals surface area contributed by atoms with Gasteiger partial charge in [-0.05, 0) is 24.8 Å². The van der Waals surface area contributed by atoms with E-state index in [0.717, 1.165) is 24.9 Å². The first kappa shape index (κ1) is 15.6. The fraction of sp³-hybridized carbons (Fsp3) is 0.389. The average Bonchev–Trinajstić information content (AvgIpc) is 2.56. The summed E-state index contributed by atoms with van der Waals surface area (Å²) in [5, 5.41) is 6.23. The van der Waals surface area contributed by atoms with Gasteiger partial charge in [-0.2, -0.15) is 0 Å². The van der Waals surface area contributed by atoms with Crippen molar-refractivity contribution in [1.82, 2.24) is 15.3 Å². The third-order valence-electron chi connectivity index (χ3n) is 4.34. The Bertz CT molecular complexity index is 667. The van der Waals surface area contributed by atoms with E-state index in [0.29, 0.717) is 11.5 Å². The summed E-state index contributed by atoms with van der Waals surface area (Å²) in [4.78, 5) is 21.2. The molecule has 5 heteroatoms. The number of anilines is 1. The highest BCUT2D eigenvalue weighted by Crippen LogP contribution is 2.30. The van der Waals surface area contributed by atoms with E-state index in [9.17, 15) is 4.79 Å². The molecule has 1 amide bonds. The van der Waals surface area contributed by atoms with E-state index in [-0.39, 0.29) is 17.4 Å².